The van der Waals surface area contributed by atoms with E-state index >= 15 is 0 Å². The predicted octanol–water partition coefficient (Wildman–Crippen LogP) is 3.93. The molecule has 1 atom stereocenters. The summed E-state index contributed by atoms with van der Waals surface area (Å²) in [6.45, 7) is 1.70. The summed E-state index contributed by atoms with van der Waals surface area (Å²) in [7, 11) is 0. The molecule has 2 aromatic rings. The average Bonchev–Trinajstić information content (AvgIpc) is 2.36. The minimum Gasteiger partial charge on any atom is -0.385 e. The van der Waals surface area contributed by atoms with Gasteiger partial charge in [-0.1, -0.05) is 54.1 Å². The maximum Gasteiger partial charge on any atom is 0.142 e. The van der Waals surface area contributed by atoms with Gasteiger partial charge in [0.1, 0.15) is 5.82 Å². The van der Waals surface area contributed by atoms with Crippen molar-refractivity contribution < 1.29 is 9.50 Å². The summed E-state index contributed by atoms with van der Waals surface area (Å²) in [4.78, 5) is 0. The topological polar surface area (TPSA) is 20.2 Å². The summed E-state index contributed by atoms with van der Waals surface area (Å²) in [5.41, 5.74) is 0.314. The Morgan fingerprint density at radius 1 is 1.11 bits per heavy atom. The van der Waals surface area contributed by atoms with Crippen molar-refractivity contribution in [1.82, 2.24) is 0 Å². The smallest absolute Gasteiger partial charge is 0.142 e. The van der Waals surface area contributed by atoms with Crippen molar-refractivity contribution in [3.8, 4) is 0 Å². The first-order valence-corrected chi connectivity index (χ1v) is 6.09. The van der Waals surface area contributed by atoms with Crippen molar-refractivity contribution in [2.45, 2.75) is 18.9 Å². The van der Waals surface area contributed by atoms with Crippen molar-refractivity contribution in [2.24, 2.45) is 0 Å². The molecule has 0 spiro atoms. The quantitative estimate of drug-likeness (QED) is 0.891. The predicted molar refractivity (Wildman–Crippen MR) is 71.1 cm³/mol. The van der Waals surface area contributed by atoms with E-state index in [0.717, 1.165) is 5.56 Å². The van der Waals surface area contributed by atoms with Gasteiger partial charge in [0.2, 0.25) is 0 Å². The standard InChI is InChI=1S/C15H14ClFO/c1-15(18,12-7-3-2-4-8-12)10-11-6-5-9-13(17)14(11)16/h2-9,18H,10H2,1H3. The average molecular weight is 265 g/mol. The molecule has 0 fully saturated rings. The Morgan fingerprint density at radius 3 is 2.44 bits per heavy atom. The van der Waals surface area contributed by atoms with Crippen LogP contribution in [-0.2, 0) is 12.0 Å². The molecule has 18 heavy (non-hydrogen) atoms. The molecule has 0 aromatic heterocycles. The molecule has 0 saturated carbocycles. The second kappa shape index (κ2) is 5.09. The maximum atomic E-state index is 13.3. The molecule has 1 N–H and O–H groups in total. The van der Waals surface area contributed by atoms with E-state index in [1.165, 1.54) is 6.07 Å². The van der Waals surface area contributed by atoms with Crippen LogP contribution >= 0.6 is 11.6 Å². The lowest BCUT2D eigenvalue weighted by molar-refractivity contribution is 0.0576. The van der Waals surface area contributed by atoms with E-state index in [2.05, 4.69) is 0 Å². The van der Waals surface area contributed by atoms with Crippen molar-refractivity contribution in [3.63, 3.8) is 0 Å². The molecule has 94 valence electrons. The van der Waals surface area contributed by atoms with Gasteiger partial charge in [-0.2, -0.15) is 0 Å². The van der Waals surface area contributed by atoms with Gasteiger partial charge in [0.05, 0.1) is 10.6 Å². The van der Waals surface area contributed by atoms with E-state index in [-0.39, 0.29) is 11.4 Å². The molecular formula is C15H14ClFO. The summed E-state index contributed by atoms with van der Waals surface area (Å²) in [5.74, 6) is -0.460. The summed E-state index contributed by atoms with van der Waals surface area (Å²) in [5, 5.41) is 10.6. The minimum absolute atomic E-state index is 0.0775. The second-order valence-electron chi connectivity index (χ2n) is 4.53. The maximum absolute atomic E-state index is 13.3. The molecule has 2 rings (SSSR count). The van der Waals surface area contributed by atoms with Crippen LogP contribution in [0.3, 0.4) is 0 Å². The number of aliphatic hydroxyl groups is 1. The monoisotopic (exact) mass is 264 g/mol. The van der Waals surface area contributed by atoms with Crippen LogP contribution in [-0.4, -0.2) is 5.11 Å². The number of halogens is 2. The van der Waals surface area contributed by atoms with Crippen LogP contribution in [0.25, 0.3) is 0 Å². The third-order valence-corrected chi connectivity index (χ3v) is 3.39. The zero-order valence-corrected chi connectivity index (χ0v) is 10.8. The molecule has 2 aromatic carbocycles. The molecule has 1 nitrogen and oxygen atoms in total. The highest BCUT2D eigenvalue weighted by molar-refractivity contribution is 6.31. The van der Waals surface area contributed by atoms with Gasteiger partial charge >= 0.3 is 0 Å². The molecule has 1 unspecified atom stereocenters. The van der Waals surface area contributed by atoms with E-state index in [4.69, 9.17) is 11.6 Å². The van der Waals surface area contributed by atoms with Crippen LogP contribution in [0.15, 0.2) is 48.5 Å². The zero-order chi connectivity index (χ0) is 13.2. The van der Waals surface area contributed by atoms with Gasteiger partial charge in [0.25, 0.3) is 0 Å². The highest BCUT2D eigenvalue weighted by atomic mass is 35.5. The minimum atomic E-state index is -1.07. The zero-order valence-electron chi connectivity index (χ0n) is 10.0. The molecule has 0 aliphatic heterocycles. The molecule has 0 saturated heterocycles. The first-order chi connectivity index (χ1) is 8.50. The number of benzene rings is 2. The highest BCUT2D eigenvalue weighted by Crippen LogP contribution is 2.29. The number of hydrogen-bond donors (Lipinski definition) is 1. The second-order valence-corrected chi connectivity index (χ2v) is 4.91. The third-order valence-electron chi connectivity index (χ3n) is 2.96. The van der Waals surface area contributed by atoms with Crippen molar-refractivity contribution in [2.75, 3.05) is 0 Å². The Bertz CT molecular complexity index is 537. The Hall–Kier alpha value is -1.38. The molecule has 0 aliphatic carbocycles. The van der Waals surface area contributed by atoms with Gasteiger partial charge < -0.3 is 5.11 Å². The van der Waals surface area contributed by atoms with Gasteiger partial charge in [-0.15, -0.1) is 0 Å². The molecule has 0 radical (unpaired) electrons. The van der Waals surface area contributed by atoms with Crippen LogP contribution in [0.1, 0.15) is 18.1 Å². The molecule has 0 heterocycles. The lowest BCUT2D eigenvalue weighted by Crippen LogP contribution is -2.24. The largest absolute Gasteiger partial charge is 0.385 e. The fourth-order valence-corrected chi connectivity index (χ4v) is 2.15. The first-order valence-electron chi connectivity index (χ1n) is 5.71. The van der Waals surface area contributed by atoms with E-state index in [0.29, 0.717) is 5.56 Å². The van der Waals surface area contributed by atoms with Gasteiger partial charge in [-0.25, -0.2) is 4.39 Å². The number of hydrogen-bond acceptors (Lipinski definition) is 1. The van der Waals surface area contributed by atoms with Crippen LogP contribution in [0.2, 0.25) is 5.02 Å². The van der Waals surface area contributed by atoms with Crippen LogP contribution in [0, 0.1) is 5.82 Å². The van der Waals surface area contributed by atoms with Crippen molar-refractivity contribution in [3.05, 3.63) is 70.5 Å². The van der Waals surface area contributed by atoms with Gasteiger partial charge in [0.15, 0.2) is 0 Å². The summed E-state index contributed by atoms with van der Waals surface area (Å²) in [6, 6.07) is 13.9. The highest BCUT2D eigenvalue weighted by Gasteiger charge is 2.24. The molecule has 0 bridgehead atoms. The SMILES string of the molecule is CC(O)(Cc1cccc(F)c1Cl)c1ccccc1. The van der Waals surface area contributed by atoms with E-state index in [1.54, 1.807) is 19.1 Å². The van der Waals surface area contributed by atoms with Crippen LogP contribution < -0.4 is 0 Å². The van der Waals surface area contributed by atoms with Gasteiger partial charge in [-0.05, 0) is 24.1 Å². The third kappa shape index (κ3) is 2.71. The summed E-state index contributed by atoms with van der Waals surface area (Å²) < 4.78 is 13.3. The normalized spacial score (nSPS) is 14.2. The van der Waals surface area contributed by atoms with E-state index < -0.39 is 11.4 Å². The number of rotatable bonds is 3. The molecule has 0 amide bonds. The lowest BCUT2D eigenvalue weighted by Gasteiger charge is -2.24. The Balaban J connectivity index is 2.31. The molecular weight excluding hydrogens is 251 g/mol. The molecule has 3 heteroatoms. The Labute approximate surface area is 111 Å². The lowest BCUT2D eigenvalue weighted by atomic mass is 9.89. The van der Waals surface area contributed by atoms with Gasteiger partial charge in [-0.3, -0.25) is 0 Å². The Kier molecular flexibility index (Phi) is 3.69. The van der Waals surface area contributed by atoms with Crippen molar-refractivity contribution in [1.29, 1.82) is 0 Å². The van der Waals surface area contributed by atoms with Crippen LogP contribution in [0.5, 0.6) is 0 Å². The summed E-state index contributed by atoms with van der Waals surface area (Å²) >= 11 is 5.90. The Morgan fingerprint density at radius 2 is 1.78 bits per heavy atom. The van der Waals surface area contributed by atoms with Crippen LogP contribution in [0.4, 0.5) is 4.39 Å². The van der Waals surface area contributed by atoms with Crippen molar-refractivity contribution >= 4 is 11.6 Å². The fraction of sp³-hybridized carbons (Fsp3) is 0.200. The van der Waals surface area contributed by atoms with E-state index in [1.807, 2.05) is 30.3 Å². The summed E-state index contributed by atoms with van der Waals surface area (Å²) in [6.07, 6.45) is 0.271. The van der Waals surface area contributed by atoms with Gasteiger partial charge in [0, 0.05) is 6.42 Å². The molecule has 0 aliphatic rings. The first kappa shape index (κ1) is 13.1. The van der Waals surface area contributed by atoms with E-state index in [9.17, 15) is 9.50 Å². The fourth-order valence-electron chi connectivity index (χ4n) is 1.96.